The monoisotopic (exact) mass is 374 g/mol. The first-order chi connectivity index (χ1) is 13.0. The Morgan fingerprint density at radius 1 is 1.26 bits per heavy atom. The lowest BCUT2D eigenvalue weighted by atomic mass is 10.1. The molecule has 9 nitrogen and oxygen atoms in total. The van der Waals surface area contributed by atoms with E-state index >= 15 is 0 Å². The molecule has 3 N–H and O–H groups in total. The minimum atomic E-state index is -1.04. The van der Waals surface area contributed by atoms with Crippen molar-refractivity contribution in [2.75, 3.05) is 32.6 Å². The van der Waals surface area contributed by atoms with E-state index in [2.05, 4.69) is 20.4 Å². The molecule has 27 heavy (non-hydrogen) atoms. The summed E-state index contributed by atoms with van der Waals surface area (Å²) >= 11 is 0. The van der Waals surface area contributed by atoms with Gasteiger partial charge < -0.3 is 19.9 Å². The quantitative estimate of drug-likeness (QED) is 0.672. The third-order valence-electron chi connectivity index (χ3n) is 4.51. The predicted octanol–water partition coefficient (Wildman–Crippen LogP) is 1.51. The zero-order chi connectivity index (χ0) is 19.4. The molecule has 1 amide bonds. The van der Waals surface area contributed by atoms with Gasteiger partial charge in [-0.15, -0.1) is 0 Å². The van der Waals surface area contributed by atoms with E-state index in [0.29, 0.717) is 42.3 Å². The number of nitrogens with zero attached hydrogens (tertiary/aromatic N) is 2. The average Bonchev–Trinajstić information content (AvgIpc) is 3.09. The molecule has 0 fully saturated rings. The van der Waals surface area contributed by atoms with Crippen LogP contribution in [0.4, 0.5) is 5.69 Å². The molecule has 0 saturated carbocycles. The molecule has 1 aromatic carbocycles. The van der Waals surface area contributed by atoms with Crippen LogP contribution < -0.4 is 14.8 Å². The van der Waals surface area contributed by atoms with Gasteiger partial charge in [-0.05, 0) is 0 Å². The van der Waals surface area contributed by atoms with E-state index in [1.165, 1.54) is 0 Å². The highest BCUT2D eigenvalue weighted by atomic mass is 16.5. The molecule has 3 rings (SSSR count). The summed E-state index contributed by atoms with van der Waals surface area (Å²) in [5.74, 6) is 0.00422. The number of carbonyl (C=O) groups excluding carboxylic acids is 1. The number of benzene rings is 1. The maximum absolute atomic E-state index is 12.3. The predicted molar refractivity (Wildman–Crippen MR) is 97.3 cm³/mol. The van der Waals surface area contributed by atoms with E-state index in [9.17, 15) is 14.7 Å². The van der Waals surface area contributed by atoms with Crippen molar-refractivity contribution in [1.29, 1.82) is 0 Å². The summed E-state index contributed by atoms with van der Waals surface area (Å²) in [5, 5.41) is 18.7. The lowest BCUT2D eigenvalue weighted by Gasteiger charge is -2.26. The van der Waals surface area contributed by atoms with Crippen LogP contribution in [-0.2, 0) is 17.8 Å². The smallest absolute Gasteiger partial charge is 0.356 e. The van der Waals surface area contributed by atoms with E-state index in [0.717, 1.165) is 12.2 Å². The fourth-order valence-corrected chi connectivity index (χ4v) is 3.08. The van der Waals surface area contributed by atoms with Gasteiger partial charge in [0.1, 0.15) is 11.5 Å². The van der Waals surface area contributed by atoms with Crippen LogP contribution >= 0.6 is 0 Å². The summed E-state index contributed by atoms with van der Waals surface area (Å²) < 4.78 is 10.4. The van der Waals surface area contributed by atoms with Crippen LogP contribution in [0.25, 0.3) is 0 Å². The number of H-pyrrole nitrogens is 1. The van der Waals surface area contributed by atoms with E-state index in [1.54, 1.807) is 32.4 Å². The number of aromatic amines is 1. The summed E-state index contributed by atoms with van der Waals surface area (Å²) in [6.07, 6.45) is 0.972. The molecule has 144 valence electrons. The Hall–Kier alpha value is -3.07. The van der Waals surface area contributed by atoms with Crippen LogP contribution in [0, 0.1) is 0 Å². The van der Waals surface area contributed by atoms with Gasteiger partial charge in [0.05, 0.1) is 14.2 Å². The van der Waals surface area contributed by atoms with E-state index in [4.69, 9.17) is 9.47 Å². The standard InChI is InChI=1S/C18H22N4O5/c1-26-12-7-11(8-13(9-12)27-2)19-16(23)4-6-22-5-3-15-14(10-22)17(18(24)25)21-20-15/h7-9H,3-6,10H2,1-2H3,(H,19,23)(H,20,21)(H,24,25). The van der Waals surface area contributed by atoms with Crippen molar-refractivity contribution in [2.45, 2.75) is 19.4 Å². The van der Waals surface area contributed by atoms with Gasteiger partial charge in [0.25, 0.3) is 0 Å². The maximum atomic E-state index is 12.3. The number of aromatic carboxylic acids is 1. The third kappa shape index (κ3) is 4.37. The van der Waals surface area contributed by atoms with Crippen LogP contribution in [0.15, 0.2) is 18.2 Å². The highest BCUT2D eigenvalue weighted by Crippen LogP contribution is 2.26. The van der Waals surface area contributed by atoms with Gasteiger partial charge in [-0.2, -0.15) is 5.10 Å². The van der Waals surface area contributed by atoms with Crippen molar-refractivity contribution < 1.29 is 24.2 Å². The second-order valence-corrected chi connectivity index (χ2v) is 6.26. The van der Waals surface area contributed by atoms with Crippen molar-refractivity contribution in [1.82, 2.24) is 15.1 Å². The van der Waals surface area contributed by atoms with Gasteiger partial charge in [0.15, 0.2) is 5.69 Å². The Balaban J connectivity index is 1.57. The van der Waals surface area contributed by atoms with Crippen molar-refractivity contribution in [2.24, 2.45) is 0 Å². The number of fused-ring (bicyclic) bond motifs is 1. The Morgan fingerprint density at radius 3 is 2.59 bits per heavy atom. The van der Waals surface area contributed by atoms with Gasteiger partial charge in [0, 0.05) is 67.6 Å². The minimum absolute atomic E-state index is 0.0580. The molecule has 1 aromatic heterocycles. The van der Waals surface area contributed by atoms with Gasteiger partial charge in [-0.3, -0.25) is 14.8 Å². The number of aromatic nitrogens is 2. The van der Waals surface area contributed by atoms with Crippen LogP contribution in [0.2, 0.25) is 0 Å². The molecule has 0 unspecified atom stereocenters. The van der Waals surface area contributed by atoms with E-state index < -0.39 is 5.97 Å². The number of methoxy groups -OCH3 is 2. The van der Waals surface area contributed by atoms with Crippen LogP contribution in [0.5, 0.6) is 11.5 Å². The fraction of sp³-hybridized carbons (Fsp3) is 0.389. The van der Waals surface area contributed by atoms with E-state index in [-0.39, 0.29) is 18.0 Å². The lowest BCUT2D eigenvalue weighted by Crippen LogP contribution is -2.33. The summed E-state index contributed by atoms with van der Waals surface area (Å²) in [5.41, 5.74) is 2.21. The Kier molecular flexibility index (Phi) is 5.60. The zero-order valence-electron chi connectivity index (χ0n) is 15.2. The van der Waals surface area contributed by atoms with Gasteiger partial charge in [0.2, 0.25) is 5.91 Å². The molecule has 1 aliphatic rings. The molecule has 9 heteroatoms. The lowest BCUT2D eigenvalue weighted by molar-refractivity contribution is -0.116. The van der Waals surface area contributed by atoms with Gasteiger partial charge >= 0.3 is 5.97 Å². The molecule has 0 aliphatic carbocycles. The molecule has 0 bridgehead atoms. The van der Waals surface area contributed by atoms with Crippen LogP contribution in [-0.4, -0.2) is 59.4 Å². The Morgan fingerprint density at radius 2 is 1.96 bits per heavy atom. The number of carbonyl (C=O) groups is 2. The molecule has 2 heterocycles. The first-order valence-corrected chi connectivity index (χ1v) is 8.55. The number of carboxylic acids is 1. The first-order valence-electron chi connectivity index (χ1n) is 8.55. The molecular formula is C18H22N4O5. The molecule has 0 saturated heterocycles. The summed E-state index contributed by atoms with van der Waals surface area (Å²) in [6.45, 7) is 1.73. The van der Waals surface area contributed by atoms with Gasteiger partial charge in [-0.25, -0.2) is 4.79 Å². The number of hydrogen-bond donors (Lipinski definition) is 3. The van der Waals surface area contributed by atoms with E-state index in [1.807, 2.05) is 0 Å². The highest BCUT2D eigenvalue weighted by molar-refractivity contribution is 5.91. The fourth-order valence-electron chi connectivity index (χ4n) is 3.08. The largest absolute Gasteiger partial charge is 0.497 e. The second-order valence-electron chi connectivity index (χ2n) is 6.26. The Labute approximate surface area is 156 Å². The highest BCUT2D eigenvalue weighted by Gasteiger charge is 2.25. The SMILES string of the molecule is COc1cc(NC(=O)CCN2CCc3[nH]nc(C(=O)O)c3C2)cc(OC)c1. The number of carboxylic acid groups (broad SMARTS) is 1. The molecule has 0 atom stereocenters. The number of rotatable bonds is 7. The number of amides is 1. The third-order valence-corrected chi connectivity index (χ3v) is 4.51. The molecule has 1 aliphatic heterocycles. The zero-order valence-corrected chi connectivity index (χ0v) is 15.2. The first kappa shape index (κ1) is 18.7. The molecular weight excluding hydrogens is 352 g/mol. The van der Waals surface area contributed by atoms with Crippen molar-refractivity contribution in [3.63, 3.8) is 0 Å². The van der Waals surface area contributed by atoms with Crippen molar-refractivity contribution in [3.05, 3.63) is 35.2 Å². The number of nitrogens with one attached hydrogen (secondary N) is 2. The second kappa shape index (κ2) is 8.09. The average molecular weight is 374 g/mol. The number of ether oxygens (including phenoxy) is 2. The molecule has 2 aromatic rings. The number of hydrogen-bond acceptors (Lipinski definition) is 6. The summed E-state index contributed by atoms with van der Waals surface area (Å²) in [4.78, 5) is 25.6. The Bertz CT molecular complexity index is 826. The summed E-state index contributed by atoms with van der Waals surface area (Å²) in [6, 6.07) is 5.17. The summed E-state index contributed by atoms with van der Waals surface area (Å²) in [7, 11) is 3.10. The molecule has 0 spiro atoms. The topological polar surface area (TPSA) is 117 Å². The molecule has 0 radical (unpaired) electrons. The van der Waals surface area contributed by atoms with Crippen molar-refractivity contribution in [3.8, 4) is 11.5 Å². The maximum Gasteiger partial charge on any atom is 0.356 e. The van der Waals surface area contributed by atoms with Crippen LogP contribution in [0.3, 0.4) is 0 Å². The minimum Gasteiger partial charge on any atom is -0.497 e. The number of anilines is 1. The van der Waals surface area contributed by atoms with Gasteiger partial charge in [-0.1, -0.05) is 0 Å². The van der Waals surface area contributed by atoms with Crippen LogP contribution in [0.1, 0.15) is 28.2 Å². The normalized spacial score (nSPS) is 13.7. The van der Waals surface area contributed by atoms with Crippen molar-refractivity contribution >= 4 is 17.6 Å².